The lowest BCUT2D eigenvalue weighted by atomic mass is 9.92. The number of methoxy groups -OCH3 is 1. The largest absolute Gasteiger partial charge is 0.381 e. The quantitative estimate of drug-likeness (QED) is 0.536. The molecule has 3 heteroatoms. The second-order valence-corrected chi connectivity index (χ2v) is 3.85. The minimum Gasteiger partial charge on any atom is -0.381 e. The number of rotatable bonds is 3. The van der Waals surface area contributed by atoms with Crippen molar-refractivity contribution in [2.75, 3.05) is 20.0 Å². The van der Waals surface area contributed by atoms with Crippen molar-refractivity contribution in [3.63, 3.8) is 0 Å². The molecule has 0 aromatic heterocycles. The third-order valence-electron chi connectivity index (χ3n) is 2.82. The highest BCUT2D eigenvalue weighted by atomic mass is 32.1. The Balaban J connectivity index is 2.25. The molecular weight excluding hydrogens is 170 g/mol. The lowest BCUT2D eigenvalue weighted by molar-refractivity contribution is 0.0477. The molecule has 0 saturated heterocycles. The van der Waals surface area contributed by atoms with Crippen LogP contribution in [0.2, 0.25) is 0 Å². The molecule has 0 aromatic rings. The Kier molecular flexibility index (Phi) is 4.40. The molecule has 0 bridgehead atoms. The van der Waals surface area contributed by atoms with Crippen LogP contribution < -0.4 is 0 Å². The fraction of sp³-hybridized carbons (Fsp3) is 1.00. The molecule has 1 fully saturated rings. The summed E-state index contributed by atoms with van der Waals surface area (Å²) in [7, 11) is 3.96. The molecule has 2 nitrogen and oxygen atoms in total. The highest BCUT2D eigenvalue weighted by Crippen LogP contribution is 2.23. The summed E-state index contributed by atoms with van der Waals surface area (Å²) in [5, 5.41) is 0. The first-order chi connectivity index (χ1) is 5.77. The molecule has 0 atom stereocenters. The van der Waals surface area contributed by atoms with E-state index in [1.165, 1.54) is 25.7 Å². The number of nitrogens with zero attached hydrogens (tertiary/aromatic N) is 1. The monoisotopic (exact) mass is 189 g/mol. The van der Waals surface area contributed by atoms with Gasteiger partial charge in [-0.15, -0.1) is 0 Å². The summed E-state index contributed by atoms with van der Waals surface area (Å²) in [6.07, 6.45) is 5.44. The zero-order chi connectivity index (χ0) is 8.97. The second-order valence-electron chi connectivity index (χ2n) is 3.56. The summed E-state index contributed by atoms with van der Waals surface area (Å²) in [6.45, 7) is 0. The fourth-order valence-electron chi connectivity index (χ4n) is 1.84. The van der Waals surface area contributed by atoms with Crippen LogP contribution in [-0.4, -0.2) is 37.1 Å². The Bertz CT molecular complexity index is 124. The third-order valence-corrected chi connectivity index (χ3v) is 3.27. The number of thiol groups is 1. The van der Waals surface area contributed by atoms with Gasteiger partial charge in [-0.3, -0.25) is 4.90 Å². The van der Waals surface area contributed by atoms with E-state index in [2.05, 4.69) is 24.6 Å². The molecule has 0 unspecified atom stereocenters. The zero-order valence-corrected chi connectivity index (χ0v) is 8.89. The molecule has 12 heavy (non-hydrogen) atoms. The van der Waals surface area contributed by atoms with E-state index < -0.39 is 0 Å². The summed E-state index contributed by atoms with van der Waals surface area (Å²) in [4.78, 5) is 2.31. The molecule has 0 aliphatic heterocycles. The highest BCUT2D eigenvalue weighted by Gasteiger charge is 2.22. The summed E-state index contributed by atoms with van der Waals surface area (Å²) in [6, 6.07) is 0.730. The van der Waals surface area contributed by atoms with Gasteiger partial charge >= 0.3 is 0 Å². The van der Waals surface area contributed by atoms with Crippen molar-refractivity contribution in [1.82, 2.24) is 4.90 Å². The standard InChI is InChI=1S/C9H19NOS/c1-10(7-12)8-3-5-9(11-2)6-4-8/h8-9,12H,3-7H2,1-2H3. The van der Waals surface area contributed by atoms with Crippen molar-refractivity contribution in [2.24, 2.45) is 0 Å². The first-order valence-electron chi connectivity index (χ1n) is 4.61. The average Bonchev–Trinajstić information content (AvgIpc) is 2.17. The van der Waals surface area contributed by atoms with Gasteiger partial charge in [0.25, 0.3) is 0 Å². The summed E-state index contributed by atoms with van der Waals surface area (Å²) >= 11 is 4.27. The van der Waals surface area contributed by atoms with Crippen molar-refractivity contribution in [1.29, 1.82) is 0 Å². The van der Waals surface area contributed by atoms with Gasteiger partial charge in [-0.25, -0.2) is 0 Å². The lowest BCUT2D eigenvalue weighted by Gasteiger charge is -2.33. The lowest BCUT2D eigenvalue weighted by Crippen LogP contribution is -2.36. The van der Waals surface area contributed by atoms with E-state index in [-0.39, 0.29) is 0 Å². The van der Waals surface area contributed by atoms with E-state index in [9.17, 15) is 0 Å². The molecule has 0 radical (unpaired) electrons. The van der Waals surface area contributed by atoms with Crippen molar-refractivity contribution < 1.29 is 4.74 Å². The molecular formula is C9H19NOS. The number of ether oxygens (including phenoxy) is 1. The van der Waals surface area contributed by atoms with Gasteiger partial charge in [0.2, 0.25) is 0 Å². The van der Waals surface area contributed by atoms with Crippen LogP contribution in [0, 0.1) is 0 Å². The molecule has 1 aliphatic carbocycles. The normalized spacial score (nSPS) is 31.0. The van der Waals surface area contributed by atoms with Crippen LogP contribution in [0.15, 0.2) is 0 Å². The fourth-order valence-corrected chi connectivity index (χ4v) is 2.07. The first kappa shape index (κ1) is 10.4. The van der Waals surface area contributed by atoms with E-state index in [1.807, 2.05) is 7.11 Å². The highest BCUT2D eigenvalue weighted by molar-refractivity contribution is 7.80. The maximum Gasteiger partial charge on any atom is 0.0572 e. The first-order valence-corrected chi connectivity index (χ1v) is 5.25. The maximum atomic E-state index is 5.32. The minimum absolute atomic E-state index is 0.509. The number of hydrogen-bond acceptors (Lipinski definition) is 3. The van der Waals surface area contributed by atoms with Gasteiger partial charge in [0.05, 0.1) is 6.10 Å². The predicted octanol–water partition coefficient (Wildman–Crippen LogP) is 1.76. The van der Waals surface area contributed by atoms with Crippen molar-refractivity contribution in [3.8, 4) is 0 Å². The molecule has 1 aliphatic rings. The van der Waals surface area contributed by atoms with Crippen LogP contribution in [-0.2, 0) is 4.74 Å². The second kappa shape index (κ2) is 5.10. The van der Waals surface area contributed by atoms with Crippen LogP contribution in [0.4, 0.5) is 0 Å². The molecule has 72 valence electrons. The van der Waals surface area contributed by atoms with Crippen LogP contribution >= 0.6 is 12.6 Å². The molecule has 1 rings (SSSR count). The topological polar surface area (TPSA) is 12.5 Å². The predicted molar refractivity (Wildman–Crippen MR) is 54.7 cm³/mol. The SMILES string of the molecule is COC1CCC(N(C)CS)CC1. The smallest absolute Gasteiger partial charge is 0.0572 e. The van der Waals surface area contributed by atoms with Crippen LogP contribution in [0.3, 0.4) is 0 Å². The van der Waals surface area contributed by atoms with Gasteiger partial charge in [-0.1, -0.05) is 0 Å². The summed E-state index contributed by atoms with van der Waals surface area (Å²) in [5.74, 6) is 0.863. The third kappa shape index (κ3) is 2.64. The van der Waals surface area contributed by atoms with Gasteiger partial charge in [0.1, 0.15) is 0 Å². The summed E-state index contributed by atoms with van der Waals surface area (Å²) < 4.78 is 5.32. The molecule has 0 N–H and O–H groups in total. The Hall–Kier alpha value is 0.270. The van der Waals surface area contributed by atoms with E-state index >= 15 is 0 Å². The van der Waals surface area contributed by atoms with Crippen LogP contribution in [0.1, 0.15) is 25.7 Å². The van der Waals surface area contributed by atoms with E-state index in [1.54, 1.807) is 0 Å². The van der Waals surface area contributed by atoms with E-state index in [4.69, 9.17) is 4.74 Å². The summed E-state index contributed by atoms with van der Waals surface area (Å²) in [5.41, 5.74) is 0. The molecule has 0 amide bonds. The maximum absolute atomic E-state index is 5.32. The van der Waals surface area contributed by atoms with Gasteiger partial charge < -0.3 is 4.74 Å². The number of hydrogen-bond donors (Lipinski definition) is 1. The van der Waals surface area contributed by atoms with Gasteiger partial charge in [0.15, 0.2) is 0 Å². The molecule has 0 aromatic carbocycles. The van der Waals surface area contributed by atoms with Gasteiger partial charge in [-0.2, -0.15) is 12.6 Å². The van der Waals surface area contributed by atoms with Crippen molar-refractivity contribution >= 4 is 12.6 Å². The van der Waals surface area contributed by atoms with Crippen LogP contribution in [0.25, 0.3) is 0 Å². The van der Waals surface area contributed by atoms with Crippen LogP contribution in [0.5, 0.6) is 0 Å². The van der Waals surface area contributed by atoms with E-state index in [0.29, 0.717) is 6.10 Å². The van der Waals surface area contributed by atoms with Crippen molar-refractivity contribution in [3.05, 3.63) is 0 Å². The molecule has 1 saturated carbocycles. The Morgan fingerprint density at radius 1 is 1.33 bits per heavy atom. The van der Waals surface area contributed by atoms with Gasteiger partial charge in [-0.05, 0) is 32.7 Å². The van der Waals surface area contributed by atoms with E-state index in [0.717, 1.165) is 11.9 Å². The zero-order valence-electron chi connectivity index (χ0n) is 7.99. The minimum atomic E-state index is 0.509. The van der Waals surface area contributed by atoms with Gasteiger partial charge in [0, 0.05) is 19.0 Å². The Morgan fingerprint density at radius 3 is 2.33 bits per heavy atom. The average molecular weight is 189 g/mol. The molecule has 0 spiro atoms. The Morgan fingerprint density at radius 2 is 1.92 bits per heavy atom. The Labute approximate surface area is 80.7 Å². The van der Waals surface area contributed by atoms with Crippen molar-refractivity contribution in [2.45, 2.75) is 37.8 Å². The molecule has 0 heterocycles.